The summed E-state index contributed by atoms with van der Waals surface area (Å²) in [6, 6.07) is 17.8. The van der Waals surface area contributed by atoms with E-state index in [0.717, 1.165) is 55.0 Å². The summed E-state index contributed by atoms with van der Waals surface area (Å²) in [5.74, 6) is 3.12. The molecule has 0 spiro atoms. The Labute approximate surface area is 230 Å². The number of amides is 1. The lowest BCUT2D eigenvalue weighted by Crippen LogP contribution is -2.28. The molecule has 2 aromatic heterocycles. The highest BCUT2D eigenvalue weighted by Gasteiger charge is 2.16. The van der Waals surface area contributed by atoms with Gasteiger partial charge in [-0.05, 0) is 79.6 Å². The number of nitrogens with one attached hydrogen (secondary N) is 3. The lowest BCUT2D eigenvalue weighted by molar-refractivity contribution is -0.116. The summed E-state index contributed by atoms with van der Waals surface area (Å²) >= 11 is 0. The van der Waals surface area contributed by atoms with Crippen molar-refractivity contribution in [1.82, 2.24) is 19.9 Å². The number of piperidine rings is 1. The van der Waals surface area contributed by atoms with E-state index in [1.54, 1.807) is 18.3 Å². The van der Waals surface area contributed by atoms with Crippen LogP contribution in [0.4, 0.5) is 17.5 Å². The first-order chi connectivity index (χ1) is 18.7. The van der Waals surface area contributed by atoms with Crippen molar-refractivity contribution >= 4 is 34.4 Å². The molecule has 0 unspecified atom stereocenters. The van der Waals surface area contributed by atoms with Gasteiger partial charge in [-0.1, -0.05) is 32.9 Å². The molecule has 0 radical (unpaired) electrons. The van der Waals surface area contributed by atoms with Crippen LogP contribution in [0.5, 0.6) is 11.5 Å². The molecule has 39 heavy (non-hydrogen) atoms. The van der Waals surface area contributed by atoms with E-state index in [1.165, 1.54) is 5.56 Å². The van der Waals surface area contributed by atoms with Gasteiger partial charge < -0.3 is 25.3 Å². The predicted octanol–water partition coefficient (Wildman–Crippen LogP) is 6.52. The van der Waals surface area contributed by atoms with E-state index >= 15 is 0 Å². The molecule has 0 atom stereocenters. The molecule has 3 N–H and O–H groups in total. The van der Waals surface area contributed by atoms with Gasteiger partial charge in [-0.25, -0.2) is 9.97 Å². The zero-order chi connectivity index (χ0) is 27.4. The fraction of sp³-hybridized carbons (Fsp3) is 0.387. The summed E-state index contributed by atoms with van der Waals surface area (Å²) in [5, 5.41) is 9.74. The van der Waals surface area contributed by atoms with E-state index in [9.17, 15) is 4.79 Å². The number of aryl methyl sites for hydroxylation is 1. The number of fused-ring (bicyclic) bond motifs is 1. The summed E-state index contributed by atoms with van der Waals surface area (Å²) in [6.45, 7) is 8.71. The van der Waals surface area contributed by atoms with Gasteiger partial charge in [0.05, 0.1) is 11.0 Å². The number of benzene rings is 2. The fourth-order valence-corrected chi connectivity index (χ4v) is 4.94. The standard InChI is InChI=1S/C31H38N6O2/c1-31(2,3)22-6-5-7-23(18-22)34-30-35-26-19-24(9-10-27(26)37(30)4)39-25-14-17-33-28(20-25)36-29(38)11-8-21-12-15-32-16-13-21/h5-7,9-10,14,17-21,32H,8,11-13,15-16H2,1-4H3,(H,34,35)(H,33,36,38). The molecule has 3 heterocycles. The summed E-state index contributed by atoms with van der Waals surface area (Å²) in [5.41, 5.74) is 4.15. The summed E-state index contributed by atoms with van der Waals surface area (Å²) in [4.78, 5) is 21.6. The third-order valence-electron chi connectivity index (χ3n) is 7.31. The zero-order valence-corrected chi connectivity index (χ0v) is 23.3. The zero-order valence-electron chi connectivity index (χ0n) is 23.3. The molecule has 4 aromatic rings. The van der Waals surface area contributed by atoms with Crippen molar-refractivity contribution in [3.8, 4) is 11.5 Å². The van der Waals surface area contributed by atoms with Crippen molar-refractivity contribution in [3.05, 3.63) is 66.4 Å². The smallest absolute Gasteiger partial charge is 0.225 e. The number of ether oxygens (including phenoxy) is 1. The number of imidazole rings is 1. The second-order valence-electron chi connectivity index (χ2n) is 11.4. The minimum absolute atomic E-state index is 0.0128. The van der Waals surface area contributed by atoms with Crippen LogP contribution < -0.4 is 20.7 Å². The number of aromatic nitrogens is 3. The molecular formula is C31H38N6O2. The second-order valence-corrected chi connectivity index (χ2v) is 11.4. The van der Waals surface area contributed by atoms with Crippen molar-refractivity contribution in [2.45, 2.75) is 51.9 Å². The Kier molecular flexibility index (Phi) is 7.84. The number of rotatable bonds is 8. The predicted molar refractivity (Wildman–Crippen MR) is 157 cm³/mol. The molecule has 8 nitrogen and oxygen atoms in total. The lowest BCUT2D eigenvalue weighted by atomic mass is 9.87. The first-order valence-corrected chi connectivity index (χ1v) is 13.7. The van der Waals surface area contributed by atoms with Crippen molar-refractivity contribution in [2.75, 3.05) is 23.7 Å². The SMILES string of the molecule is Cn1c(Nc2cccc(C(C)(C)C)c2)nc2cc(Oc3ccnc(NC(=O)CCC4CCNCC4)c3)ccc21. The Bertz CT molecular complexity index is 1450. The normalized spacial score (nSPS) is 14.4. The maximum atomic E-state index is 12.5. The average Bonchev–Trinajstić information content (AvgIpc) is 3.22. The third-order valence-corrected chi connectivity index (χ3v) is 7.31. The van der Waals surface area contributed by atoms with Crippen molar-refractivity contribution in [3.63, 3.8) is 0 Å². The van der Waals surface area contributed by atoms with Gasteiger partial charge >= 0.3 is 0 Å². The first-order valence-electron chi connectivity index (χ1n) is 13.7. The highest BCUT2D eigenvalue weighted by atomic mass is 16.5. The Morgan fingerprint density at radius 2 is 1.87 bits per heavy atom. The largest absolute Gasteiger partial charge is 0.457 e. The molecule has 204 valence electrons. The summed E-state index contributed by atoms with van der Waals surface area (Å²) < 4.78 is 8.15. The Morgan fingerprint density at radius 3 is 2.67 bits per heavy atom. The number of carbonyl (C=O) groups excluding carboxylic acids is 1. The van der Waals surface area contributed by atoms with Gasteiger partial charge in [-0.2, -0.15) is 0 Å². The Balaban J connectivity index is 1.24. The number of anilines is 3. The van der Waals surface area contributed by atoms with E-state index in [1.807, 2.05) is 29.8 Å². The molecule has 1 aliphatic heterocycles. The van der Waals surface area contributed by atoms with Crippen molar-refractivity contribution in [2.24, 2.45) is 13.0 Å². The number of hydrogen-bond donors (Lipinski definition) is 3. The Hall–Kier alpha value is -3.91. The molecular weight excluding hydrogens is 488 g/mol. The van der Waals surface area contributed by atoms with E-state index in [0.29, 0.717) is 29.7 Å². The topological polar surface area (TPSA) is 93.1 Å². The van der Waals surface area contributed by atoms with Crippen LogP contribution in [-0.2, 0) is 17.3 Å². The molecule has 2 aromatic carbocycles. The van der Waals surface area contributed by atoms with Gasteiger partial charge in [0.1, 0.15) is 17.3 Å². The minimum atomic E-state index is -0.0128. The monoisotopic (exact) mass is 526 g/mol. The lowest BCUT2D eigenvalue weighted by Gasteiger charge is -2.22. The highest BCUT2D eigenvalue weighted by Crippen LogP contribution is 2.30. The number of hydrogen-bond acceptors (Lipinski definition) is 6. The molecule has 1 saturated heterocycles. The molecule has 0 bridgehead atoms. The molecule has 1 fully saturated rings. The Morgan fingerprint density at radius 1 is 1.08 bits per heavy atom. The fourth-order valence-electron chi connectivity index (χ4n) is 4.94. The molecule has 1 aliphatic rings. The van der Waals surface area contributed by atoms with Crippen LogP contribution in [0.2, 0.25) is 0 Å². The van der Waals surface area contributed by atoms with E-state index in [-0.39, 0.29) is 11.3 Å². The summed E-state index contributed by atoms with van der Waals surface area (Å²) in [7, 11) is 1.99. The number of nitrogens with zero attached hydrogens (tertiary/aromatic N) is 3. The molecule has 5 rings (SSSR count). The van der Waals surface area contributed by atoms with Gasteiger partial charge in [0.15, 0.2) is 0 Å². The molecule has 0 aliphatic carbocycles. The van der Waals surface area contributed by atoms with Crippen LogP contribution in [0.1, 0.15) is 52.0 Å². The molecule has 0 saturated carbocycles. The first kappa shape index (κ1) is 26.7. The van der Waals surface area contributed by atoms with Gasteiger partial charge in [0, 0.05) is 37.5 Å². The van der Waals surface area contributed by atoms with E-state index in [2.05, 4.69) is 66.0 Å². The van der Waals surface area contributed by atoms with Crippen LogP contribution in [-0.4, -0.2) is 33.5 Å². The van der Waals surface area contributed by atoms with E-state index < -0.39 is 0 Å². The maximum Gasteiger partial charge on any atom is 0.225 e. The van der Waals surface area contributed by atoms with Crippen LogP contribution in [0.3, 0.4) is 0 Å². The second kappa shape index (κ2) is 11.5. The maximum absolute atomic E-state index is 12.5. The minimum Gasteiger partial charge on any atom is -0.457 e. The van der Waals surface area contributed by atoms with Gasteiger partial charge in [0.25, 0.3) is 0 Å². The van der Waals surface area contributed by atoms with Gasteiger partial charge in [0.2, 0.25) is 11.9 Å². The van der Waals surface area contributed by atoms with Crippen LogP contribution >= 0.6 is 0 Å². The van der Waals surface area contributed by atoms with Crippen LogP contribution in [0.25, 0.3) is 11.0 Å². The van der Waals surface area contributed by atoms with E-state index in [4.69, 9.17) is 9.72 Å². The van der Waals surface area contributed by atoms with Crippen LogP contribution in [0, 0.1) is 5.92 Å². The number of pyridine rings is 1. The van der Waals surface area contributed by atoms with Gasteiger partial charge in [-0.3, -0.25) is 4.79 Å². The average molecular weight is 527 g/mol. The van der Waals surface area contributed by atoms with Crippen LogP contribution in [0.15, 0.2) is 60.8 Å². The number of carbonyl (C=O) groups is 1. The van der Waals surface area contributed by atoms with Gasteiger partial charge in [-0.15, -0.1) is 0 Å². The molecule has 8 heteroatoms. The molecule has 1 amide bonds. The quantitative estimate of drug-likeness (QED) is 0.242. The highest BCUT2D eigenvalue weighted by molar-refractivity contribution is 5.89. The van der Waals surface area contributed by atoms with Crippen molar-refractivity contribution < 1.29 is 9.53 Å². The third kappa shape index (κ3) is 6.75. The summed E-state index contributed by atoms with van der Waals surface area (Å²) in [6.07, 6.45) is 5.33. The van der Waals surface area contributed by atoms with Crippen molar-refractivity contribution in [1.29, 1.82) is 0 Å².